The second-order valence-electron chi connectivity index (χ2n) is 5.30. The van der Waals surface area contributed by atoms with Gasteiger partial charge in [-0.2, -0.15) is 0 Å². The van der Waals surface area contributed by atoms with E-state index in [0.29, 0.717) is 6.54 Å². The van der Waals surface area contributed by atoms with E-state index in [-0.39, 0.29) is 17.9 Å². The Balaban J connectivity index is 2.26. The Morgan fingerprint density at radius 2 is 1.94 bits per heavy atom. The van der Waals surface area contributed by atoms with E-state index in [1.54, 1.807) is 0 Å². The van der Waals surface area contributed by atoms with E-state index in [4.69, 9.17) is 0 Å². The molecule has 0 bridgehead atoms. The Morgan fingerprint density at radius 3 is 2.44 bits per heavy atom. The van der Waals surface area contributed by atoms with Crippen molar-refractivity contribution in [2.75, 3.05) is 32.7 Å². The normalized spacial score (nSPS) is 19.0. The van der Waals surface area contributed by atoms with Crippen molar-refractivity contribution in [3.63, 3.8) is 0 Å². The molecule has 1 aliphatic rings. The molecule has 1 amide bonds. The smallest absolute Gasteiger partial charge is 0.225 e. The number of amides is 1. The van der Waals surface area contributed by atoms with Crippen LogP contribution in [0.15, 0.2) is 12.7 Å². The van der Waals surface area contributed by atoms with Gasteiger partial charge in [0.05, 0.1) is 6.10 Å². The average molecular weight is 254 g/mol. The SMILES string of the molecule is C=CCCC(O)CN1CCN(C(=O)C(C)C)CC1. The van der Waals surface area contributed by atoms with Crippen LogP contribution in [-0.2, 0) is 4.79 Å². The van der Waals surface area contributed by atoms with E-state index >= 15 is 0 Å². The number of aliphatic hydroxyl groups excluding tert-OH is 1. The third-order valence-corrected chi connectivity index (χ3v) is 3.35. The summed E-state index contributed by atoms with van der Waals surface area (Å²) in [5.74, 6) is 0.316. The molecule has 1 rings (SSSR count). The minimum atomic E-state index is -0.282. The summed E-state index contributed by atoms with van der Waals surface area (Å²) >= 11 is 0. The number of nitrogens with zero attached hydrogens (tertiary/aromatic N) is 2. The largest absolute Gasteiger partial charge is 0.392 e. The molecule has 0 aromatic rings. The first kappa shape index (κ1) is 15.2. The van der Waals surface area contributed by atoms with Crippen molar-refractivity contribution in [2.45, 2.75) is 32.8 Å². The Bertz CT molecular complexity index is 271. The lowest BCUT2D eigenvalue weighted by Crippen LogP contribution is -2.51. The first-order valence-corrected chi connectivity index (χ1v) is 6.84. The van der Waals surface area contributed by atoms with Crippen LogP contribution >= 0.6 is 0 Å². The molecule has 0 aromatic heterocycles. The van der Waals surface area contributed by atoms with Crippen molar-refractivity contribution in [2.24, 2.45) is 5.92 Å². The maximum absolute atomic E-state index is 11.8. The van der Waals surface area contributed by atoms with Crippen LogP contribution in [0, 0.1) is 5.92 Å². The molecule has 1 heterocycles. The van der Waals surface area contributed by atoms with E-state index in [1.807, 2.05) is 24.8 Å². The number of piperazine rings is 1. The van der Waals surface area contributed by atoms with Crippen LogP contribution in [0.1, 0.15) is 26.7 Å². The zero-order valence-corrected chi connectivity index (χ0v) is 11.6. The van der Waals surface area contributed by atoms with Crippen LogP contribution in [0.2, 0.25) is 0 Å². The van der Waals surface area contributed by atoms with Gasteiger partial charge in [-0.1, -0.05) is 19.9 Å². The first-order valence-electron chi connectivity index (χ1n) is 6.84. The number of carbonyl (C=O) groups excluding carboxylic acids is 1. The van der Waals surface area contributed by atoms with Crippen molar-refractivity contribution >= 4 is 5.91 Å². The fourth-order valence-corrected chi connectivity index (χ4v) is 2.22. The molecule has 1 atom stereocenters. The van der Waals surface area contributed by atoms with Gasteiger partial charge in [0.25, 0.3) is 0 Å². The second-order valence-corrected chi connectivity index (χ2v) is 5.30. The molecule has 104 valence electrons. The average Bonchev–Trinajstić information content (AvgIpc) is 2.36. The van der Waals surface area contributed by atoms with Gasteiger partial charge < -0.3 is 10.0 Å². The van der Waals surface area contributed by atoms with Gasteiger partial charge in [0, 0.05) is 38.6 Å². The number of hydrogen-bond donors (Lipinski definition) is 1. The highest BCUT2D eigenvalue weighted by molar-refractivity contribution is 5.78. The Kier molecular flexibility index (Phi) is 6.36. The summed E-state index contributed by atoms with van der Waals surface area (Å²) in [5.41, 5.74) is 0. The minimum absolute atomic E-state index is 0.0785. The highest BCUT2D eigenvalue weighted by Crippen LogP contribution is 2.08. The fourth-order valence-electron chi connectivity index (χ4n) is 2.22. The zero-order valence-electron chi connectivity index (χ0n) is 11.6. The van der Waals surface area contributed by atoms with Crippen LogP contribution in [0.25, 0.3) is 0 Å². The highest BCUT2D eigenvalue weighted by atomic mass is 16.3. The van der Waals surface area contributed by atoms with E-state index < -0.39 is 0 Å². The molecule has 4 heteroatoms. The van der Waals surface area contributed by atoms with Crippen molar-refractivity contribution in [1.82, 2.24) is 9.80 Å². The van der Waals surface area contributed by atoms with Gasteiger partial charge in [-0.05, 0) is 12.8 Å². The summed E-state index contributed by atoms with van der Waals surface area (Å²) in [4.78, 5) is 16.0. The van der Waals surface area contributed by atoms with Gasteiger partial charge in [-0.25, -0.2) is 0 Å². The molecule has 1 unspecified atom stereocenters. The van der Waals surface area contributed by atoms with Gasteiger partial charge in [0.1, 0.15) is 0 Å². The van der Waals surface area contributed by atoms with E-state index in [2.05, 4.69) is 11.5 Å². The fraction of sp³-hybridized carbons (Fsp3) is 0.786. The van der Waals surface area contributed by atoms with Crippen LogP contribution < -0.4 is 0 Å². The third-order valence-electron chi connectivity index (χ3n) is 3.35. The molecule has 0 aliphatic carbocycles. The quantitative estimate of drug-likeness (QED) is 0.722. The molecular weight excluding hydrogens is 228 g/mol. The summed E-state index contributed by atoms with van der Waals surface area (Å²) in [6, 6.07) is 0. The number of β-amino-alcohol motifs (C(OH)–C–C–N with tert-alkyl or cyclic N) is 1. The third kappa shape index (κ3) is 4.78. The molecule has 0 radical (unpaired) electrons. The predicted octanol–water partition coefficient (Wildman–Crippen LogP) is 1.11. The molecule has 4 nitrogen and oxygen atoms in total. The Morgan fingerprint density at radius 1 is 1.33 bits per heavy atom. The molecule has 1 fully saturated rings. The maximum Gasteiger partial charge on any atom is 0.225 e. The van der Waals surface area contributed by atoms with Crippen molar-refractivity contribution < 1.29 is 9.90 Å². The molecule has 1 N–H and O–H groups in total. The molecule has 0 spiro atoms. The monoisotopic (exact) mass is 254 g/mol. The standard InChI is InChI=1S/C14H26N2O2/c1-4-5-6-13(17)11-15-7-9-16(10-8-15)14(18)12(2)3/h4,12-13,17H,1,5-11H2,2-3H3. The van der Waals surface area contributed by atoms with Gasteiger partial charge in [0.2, 0.25) is 5.91 Å². The van der Waals surface area contributed by atoms with Gasteiger partial charge >= 0.3 is 0 Å². The molecule has 18 heavy (non-hydrogen) atoms. The van der Waals surface area contributed by atoms with E-state index in [9.17, 15) is 9.90 Å². The first-order chi connectivity index (χ1) is 8.54. The predicted molar refractivity (Wildman–Crippen MR) is 73.3 cm³/mol. The minimum Gasteiger partial charge on any atom is -0.392 e. The lowest BCUT2D eigenvalue weighted by molar-refractivity contribution is -0.136. The van der Waals surface area contributed by atoms with E-state index in [1.165, 1.54) is 0 Å². The molecule has 1 saturated heterocycles. The lowest BCUT2D eigenvalue weighted by Gasteiger charge is -2.36. The van der Waals surface area contributed by atoms with Crippen LogP contribution in [0.3, 0.4) is 0 Å². The van der Waals surface area contributed by atoms with Crippen LogP contribution in [0.4, 0.5) is 0 Å². The van der Waals surface area contributed by atoms with E-state index in [0.717, 1.165) is 39.0 Å². The summed E-state index contributed by atoms with van der Waals surface area (Å²) in [6.45, 7) is 11.5. The van der Waals surface area contributed by atoms with Gasteiger partial charge in [-0.3, -0.25) is 9.69 Å². The van der Waals surface area contributed by atoms with Gasteiger partial charge in [0.15, 0.2) is 0 Å². The number of rotatable bonds is 6. The number of hydrogen-bond acceptors (Lipinski definition) is 3. The molecular formula is C14H26N2O2. The number of aliphatic hydroxyl groups is 1. The van der Waals surface area contributed by atoms with Gasteiger partial charge in [-0.15, -0.1) is 6.58 Å². The zero-order chi connectivity index (χ0) is 13.5. The molecule has 0 aromatic carbocycles. The summed E-state index contributed by atoms with van der Waals surface area (Å²) in [5, 5.41) is 9.83. The van der Waals surface area contributed by atoms with Crippen LogP contribution in [-0.4, -0.2) is 59.6 Å². The molecule has 0 saturated carbocycles. The Hall–Kier alpha value is -0.870. The second kappa shape index (κ2) is 7.54. The maximum atomic E-state index is 11.8. The summed E-state index contributed by atoms with van der Waals surface area (Å²) in [7, 11) is 0. The number of carbonyl (C=O) groups is 1. The van der Waals surface area contributed by atoms with Crippen molar-refractivity contribution in [3.05, 3.63) is 12.7 Å². The molecule has 1 aliphatic heterocycles. The Labute approximate surface area is 110 Å². The highest BCUT2D eigenvalue weighted by Gasteiger charge is 2.23. The lowest BCUT2D eigenvalue weighted by atomic mass is 10.1. The van der Waals surface area contributed by atoms with Crippen molar-refractivity contribution in [3.8, 4) is 0 Å². The number of allylic oxidation sites excluding steroid dienone is 1. The summed E-state index contributed by atoms with van der Waals surface area (Å²) < 4.78 is 0. The van der Waals surface area contributed by atoms with Crippen molar-refractivity contribution in [1.29, 1.82) is 0 Å². The van der Waals surface area contributed by atoms with Crippen LogP contribution in [0.5, 0.6) is 0 Å². The summed E-state index contributed by atoms with van der Waals surface area (Å²) in [6.07, 6.45) is 3.18. The topological polar surface area (TPSA) is 43.8 Å².